The van der Waals surface area contributed by atoms with Gasteiger partial charge < -0.3 is 10.7 Å². The second kappa shape index (κ2) is 5.99. The van der Waals surface area contributed by atoms with Gasteiger partial charge in [0.2, 0.25) is 0 Å². The number of nitrogens with two attached hydrogens (primary N) is 1. The zero-order valence-corrected chi connectivity index (χ0v) is 11.2. The molecule has 0 amide bonds. The van der Waals surface area contributed by atoms with Crippen molar-refractivity contribution in [3.05, 3.63) is 58.3 Å². The Morgan fingerprint density at radius 3 is 2.84 bits per heavy atom. The molecular weight excluding hydrogens is 265 g/mol. The van der Waals surface area contributed by atoms with Gasteiger partial charge in [-0.1, -0.05) is 23.9 Å². The molecule has 0 fully saturated rings. The Kier molecular flexibility index (Phi) is 4.34. The van der Waals surface area contributed by atoms with Gasteiger partial charge in [0.25, 0.3) is 5.56 Å². The number of hydrogen-bond acceptors (Lipinski definition) is 4. The van der Waals surface area contributed by atoms with E-state index >= 15 is 0 Å². The lowest BCUT2D eigenvalue weighted by Crippen LogP contribution is -2.23. The first-order valence-electron chi connectivity index (χ1n) is 5.79. The standard InChI is InChI=1S/C13H14FN3OS/c1-8(15)12(9-3-2-4-10(14)7-9)19-13-16-6-5-11(18)17-13/h2-8,12H,15H2,1H3,(H,16,17,18). The Labute approximate surface area is 114 Å². The average Bonchev–Trinajstić information content (AvgIpc) is 2.35. The van der Waals surface area contributed by atoms with Gasteiger partial charge in [-0.2, -0.15) is 0 Å². The van der Waals surface area contributed by atoms with E-state index in [-0.39, 0.29) is 22.7 Å². The maximum absolute atomic E-state index is 13.3. The van der Waals surface area contributed by atoms with E-state index < -0.39 is 0 Å². The lowest BCUT2D eigenvalue weighted by Gasteiger charge is -2.20. The van der Waals surface area contributed by atoms with Crippen molar-refractivity contribution in [1.82, 2.24) is 9.97 Å². The van der Waals surface area contributed by atoms with Crippen molar-refractivity contribution < 1.29 is 4.39 Å². The maximum atomic E-state index is 13.3. The van der Waals surface area contributed by atoms with Crippen molar-refractivity contribution in [3.8, 4) is 0 Å². The van der Waals surface area contributed by atoms with E-state index in [1.165, 1.54) is 36.2 Å². The molecule has 2 unspecified atom stereocenters. The Bertz CT molecular complexity index is 615. The Hall–Kier alpha value is -1.66. The highest BCUT2D eigenvalue weighted by Crippen LogP contribution is 2.34. The third kappa shape index (κ3) is 3.65. The van der Waals surface area contributed by atoms with Gasteiger partial charge in [-0.3, -0.25) is 4.79 Å². The average molecular weight is 279 g/mol. The van der Waals surface area contributed by atoms with Crippen molar-refractivity contribution >= 4 is 11.8 Å². The van der Waals surface area contributed by atoms with E-state index in [4.69, 9.17) is 5.73 Å². The second-order valence-electron chi connectivity index (χ2n) is 4.19. The fourth-order valence-electron chi connectivity index (χ4n) is 1.69. The molecule has 19 heavy (non-hydrogen) atoms. The first-order chi connectivity index (χ1) is 9.06. The Morgan fingerprint density at radius 2 is 2.21 bits per heavy atom. The van der Waals surface area contributed by atoms with E-state index in [9.17, 15) is 9.18 Å². The normalized spacial score (nSPS) is 14.1. The fraction of sp³-hybridized carbons (Fsp3) is 0.231. The predicted molar refractivity (Wildman–Crippen MR) is 73.5 cm³/mol. The minimum absolute atomic E-state index is 0.179. The number of aromatic amines is 1. The van der Waals surface area contributed by atoms with Gasteiger partial charge in [0.15, 0.2) is 5.16 Å². The summed E-state index contributed by atoms with van der Waals surface area (Å²) in [6, 6.07) is 7.41. The summed E-state index contributed by atoms with van der Waals surface area (Å²) in [6.45, 7) is 1.84. The number of halogens is 1. The topological polar surface area (TPSA) is 71.8 Å². The quantitative estimate of drug-likeness (QED) is 0.664. The highest BCUT2D eigenvalue weighted by atomic mass is 32.2. The minimum atomic E-state index is -0.307. The lowest BCUT2D eigenvalue weighted by atomic mass is 10.1. The number of hydrogen-bond donors (Lipinski definition) is 2. The molecule has 0 aliphatic carbocycles. The molecule has 2 atom stereocenters. The first-order valence-corrected chi connectivity index (χ1v) is 6.67. The van der Waals surface area contributed by atoms with E-state index in [0.29, 0.717) is 5.16 Å². The van der Waals surface area contributed by atoms with Crippen LogP contribution in [0.1, 0.15) is 17.7 Å². The first kappa shape index (κ1) is 13.8. The molecule has 0 saturated heterocycles. The molecule has 1 aromatic carbocycles. The summed E-state index contributed by atoms with van der Waals surface area (Å²) in [5.41, 5.74) is 6.49. The van der Waals surface area contributed by atoms with E-state index in [0.717, 1.165) is 5.56 Å². The summed E-state index contributed by atoms with van der Waals surface area (Å²) in [5.74, 6) is -0.307. The molecule has 0 saturated carbocycles. The number of benzene rings is 1. The molecule has 2 rings (SSSR count). The molecule has 3 N–H and O–H groups in total. The van der Waals surface area contributed by atoms with Gasteiger partial charge in [0.1, 0.15) is 5.82 Å². The number of thioether (sulfide) groups is 1. The molecule has 0 bridgehead atoms. The van der Waals surface area contributed by atoms with Crippen LogP contribution in [0.4, 0.5) is 4.39 Å². The van der Waals surface area contributed by atoms with Gasteiger partial charge in [0.05, 0.1) is 5.25 Å². The van der Waals surface area contributed by atoms with Crippen molar-refractivity contribution in [3.63, 3.8) is 0 Å². The largest absolute Gasteiger partial charge is 0.327 e. The molecule has 4 nitrogen and oxygen atoms in total. The molecule has 6 heteroatoms. The van der Waals surface area contributed by atoms with Gasteiger partial charge in [-0.25, -0.2) is 9.37 Å². The van der Waals surface area contributed by atoms with Crippen LogP contribution in [0.3, 0.4) is 0 Å². The lowest BCUT2D eigenvalue weighted by molar-refractivity contribution is 0.621. The molecule has 0 aliphatic heterocycles. The number of aromatic nitrogens is 2. The van der Waals surface area contributed by atoms with Crippen LogP contribution in [0.2, 0.25) is 0 Å². The molecule has 2 aromatic rings. The van der Waals surface area contributed by atoms with E-state index in [1.807, 2.05) is 13.0 Å². The monoisotopic (exact) mass is 279 g/mol. The zero-order chi connectivity index (χ0) is 13.8. The Morgan fingerprint density at radius 1 is 1.42 bits per heavy atom. The fourth-order valence-corrected chi connectivity index (χ4v) is 2.71. The smallest absolute Gasteiger partial charge is 0.251 e. The number of H-pyrrole nitrogens is 1. The van der Waals surface area contributed by atoms with Crippen molar-refractivity contribution in [1.29, 1.82) is 0 Å². The SMILES string of the molecule is CC(N)C(Sc1nccc(=O)[nH]1)c1cccc(F)c1. The van der Waals surface area contributed by atoms with Gasteiger partial charge >= 0.3 is 0 Å². The minimum Gasteiger partial charge on any atom is -0.327 e. The van der Waals surface area contributed by atoms with E-state index in [1.54, 1.807) is 6.07 Å². The van der Waals surface area contributed by atoms with Crippen LogP contribution in [0.5, 0.6) is 0 Å². The molecule has 1 aromatic heterocycles. The second-order valence-corrected chi connectivity index (χ2v) is 5.32. The molecular formula is C13H14FN3OS. The van der Waals surface area contributed by atoms with Crippen LogP contribution < -0.4 is 11.3 Å². The van der Waals surface area contributed by atoms with Gasteiger partial charge in [0, 0.05) is 18.3 Å². The van der Waals surface area contributed by atoms with Crippen LogP contribution in [-0.2, 0) is 0 Å². The Balaban J connectivity index is 2.29. The third-order valence-corrected chi connectivity index (χ3v) is 3.93. The zero-order valence-electron chi connectivity index (χ0n) is 10.3. The van der Waals surface area contributed by atoms with Crippen molar-refractivity contribution in [2.45, 2.75) is 23.4 Å². The highest BCUT2D eigenvalue weighted by molar-refractivity contribution is 7.99. The van der Waals surface area contributed by atoms with Crippen molar-refractivity contribution in [2.75, 3.05) is 0 Å². The van der Waals surface area contributed by atoms with Gasteiger partial charge in [-0.05, 0) is 24.6 Å². The summed E-state index contributed by atoms with van der Waals surface area (Å²) >= 11 is 1.31. The third-order valence-electron chi connectivity index (χ3n) is 2.54. The summed E-state index contributed by atoms with van der Waals surface area (Å²) in [7, 11) is 0. The highest BCUT2D eigenvalue weighted by Gasteiger charge is 2.19. The molecule has 0 spiro atoms. The van der Waals surface area contributed by atoms with Crippen LogP contribution in [0.15, 0.2) is 46.5 Å². The molecule has 100 valence electrons. The summed E-state index contributed by atoms with van der Waals surface area (Å²) in [5, 5.41) is 0.292. The summed E-state index contributed by atoms with van der Waals surface area (Å²) in [4.78, 5) is 17.9. The summed E-state index contributed by atoms with van der Waals surface area (Å²) in [6.07, 6.45) is 1.44. The van der Waals surface area contributed by atoms with Crippen LogP contribution in [0.25, 0.3) is 0 Å². The maximum Gasteiger partial charge on any atom is 0.251 e. The van der Waals surface area contributed by atoms with Crippen molar-refractivity contribution in [2.24, 2.45) is 5.73 Å². The van der Waals surface area contributed by atoms with Crippen LogP contribution in [0, 0.1) is 5.82 Å². The summed E-state index contributed by atoms with van der Waals surface area (Å²) < 4.78 is 13.3. The predicted octanol–water partition coefficient (Wildman–Crippen LogP) is 2.09. The van der Waals surface area contributed by atoms with Crippen LogP contribution >= 0.6 is 11.8 Å². The number of nitrogens with zero attached hydrogens (tertiary/aromatic N) is 1. The molecule has 1 heterocycles. The van der Waals surface area contributed by atoms with E-state index in [2.05, 4.69) is 9.97 Å². The molecule has 0 aliphatic rings. The number of nitrogens with one attached hydrogen (secondary N) is 1. The van der Waals surface area contributed by atoms with Gasteiger partial charge in [-0.15, -0.1) is 0 Å². The number of rotatable bonds is 4. The van der Waals surface area contributed by atoms with Crippen LogP contribution in [-0.4, -0.2) is 16.0 Å². The molecule has 0 radical (unpaired) electrons.